The summed E-state index contributed by atoms with van der Waals surface area (Å²) >= 11 is 0. The highest BCUT2D eigenvalue weighted by molar-refractivity contribution is 5.87. The van der Waals surface area contributed by atoms with Crippen LogP contribution in [0, 0.1) is 0 Å². The molecule has 0 aromatic rings. The number of amides is 1. The standard InChI is InChI=1S/C17H29NO5/c1-7-22-14(20)17(10-8-12(2)3)13(19)9-11-18(17)15(21)23-16(4,5)6/h8,13,19H,7,9-11H2,1-6H3/t13-,17+/m0/s1. The number of ether oxygens (including phenoxy) is 2. The Balaban J connectivity index is 3.22. The lowest BCUT2D eigenvalue weighted by atomic mass is 9.88. The third-order valence-electron chi connectivity index (χ3n) is 3.72. The maximum atomic E-state index is 12.6. The molecule has 132 valence electrons. The Morgan fingerprint density at radius 1 is 1.35 bits per heavy atom. The number of carbonyl (C=O) groups excluding carboxylic acids is 2. The lowest BCUT2D eigenvalue weighted by Gasteiger charge is -2.38. The number of hydrogen-bond acceptors (Lipinski definition) is 5. The molecule has 0 saturated carbocycles. The van der Waals surface area contributed by atoms with Crippen molar-refractivity contribution >= 4 is 12.1 Å². The van der Waals surface area contributed by atoms with Gasteiger partial charge in [0.15, 0.2) is 5.54 Å². The zero-order chi connectivity index (χ0) is 17.8. The Kier molecular flexibility index (Phi) is 6.22. The summed E-state index contributed by atoms with van der Waals surface area (Å²) in [5.41, 5.74) is -1.10. The molecule has 1 fully saturated rings. The third-order valence-corrected chi connectivity index (χ3v) is 3.72. The summed E-state index contributed by atoms with van der Waals surface area (Å²) in [7, 11) is 0. The second-order valence-corrected chi connectivity index (χ2v) is 7.07. The third kappa shape index (κ3) is 4.47. The van der Waals surface area contributed by atoms with Crippen LogP contribution in [0.2, 0.25) is 0 Å². The van der Waals surface area contributed by atoms with Gasteiger partial charge in [-0.3, -0.25) is 4.90 Å². The number of rotatable bonds is 4. The van der Waals surface area contributed by atoms with E-state index in [2.05, 4.69) is 0 Å². The molecule has 1 N–H and O–H groups in total. The Hall–Kier alpha value is -1.56. The van der Waals surface area contributed by atoms with Crippen LogP contribution >= 0.6 is 0 Å². The molecule has 1 saturated heterocycles. The minimum absolute atomic E-state index is 0.185. The first kappa shape index (κ1) is 19.5. The molecule has 6 heteroatoms. The number of aliphatic hydroxyl groups is 1. The van der Waals surface area contributed by atoms with Crippen LogP contribution in [0.3, 0.4) is 0 Å². The van der Waals surface area contributed by atoms with E-state index in [9.17, 15) is 14.7 Å². The van der Waals surface area contributed by atoms with E-state index in [1.54, 1.807) is 27.7 Å². The number of hydrogen-bond donors (Lipinski definition) is 1. The fourth-order valence-electron chi connectivity index (χ4n) is 2.63. The smallest absolute Gasteiger partial charge is 0.411 e. The summed E-state index contributed by atoms with van der Waals surface area (Å²) in [5, 5.41) is 10.5. The van der Waals surface area contributed by atoms with Crippen LogP contribution in [0.15, 0.2) is 11.6 Å². The van der Waals surface area contributed by atoms with Crippen molar-refractivity contribution in [1.82, 2.24) is 4.90 Å². The van der Waals surface area contributed by atoms with Gasteiger partial charge in [0.05, 0.1) is 12.7 Å². The van der Waals surface area contributed by atoms with Gasteiger partial charge in [-0.05, 0) is 48.0 Å². The molecule has 23 heavy (non-hydrogen) atoms. The first-order chi connectivity index (χ1) is 10.5. The molecule has 0 unspecified atom stereocenters. The highest BCUT2D eigenvalue weighted by atomic mass is 16.6. The van der Waals surface area contributed by atoms with Crippen LogP contribution < -0.4 is 0 Å². The Labute approximate surface area is 138 Å². The maximum Gasteiger partial charge on any atom is 0.411 e. The Morgan fingerprint density at radius 3 is 2.43 bits per heavy atom. The van der Waals surface area contributed by atoms with Gasteiger partial charge in [0.25, 0.3) is 0 Å². The topological polar surface area (TPSA) is 76.1 Å². The van der Waals surface area contributed by atoms with E-state index in [1.807, 2.05) is 19.9 Å². The summed E-state index contributed by atoms with van der Waals surface area (Å²) in [6, 6.07) is 0. The van der Waals surface area contributed by atoms with Gasteiger partial charge in [-0.15, -0.1) is 0 Å². The van der Waals surface area contributed by atoms with Crippen LogP contribution in [0.25, 0.3) is 0 Å². The minimum atomic E-state index is -1.42. The average molecular weight is 327 g/mol. The quantitative estimate of drug-likeness (QED) is 0.634. The summed E-state index contributed by atoms with van der Waals surface area (Å²) in [6.07, 6.45) is 0.764. The molecule has 2 atom stereocenters. The van der Waals surface area contributed by atoms with Crippen LogP contribution in [0.1, 0.15) is 54.4 Å². The Morgan fingerprint density at radius 2 is 1.96 bits per heavy atom. The van der Waals surface area contributed by atoms with Crippen molar-refractivity contribution < 1.29 is 24.2 Å². The van der Waals surface area contributed by atoms with Crippen molar-refractivity contribution in [3.63, 3.8) is 0 Å². The van der Waals surface area contributed by atoms with Crippen molar-refractivity contribution in [3.8, 4) is 0 Å². The molecule has 0 aromatic heterocycles. The van der Waals surface area contributed by atoms with Crippen molar-refractivity contribution in [3.05, 3.63) is 11.6 Å². The number of esters is 1. The Bertz CT molecular complexity index is 476. The lowest BCUT2D eigenvalue weighted by molar-refractivity contribution is -0.161. The molecule has 0 radical (unpaired) electrons. The number of nitrogens with zero attached hydrogens (tertiary/aromatic N) is 1. The van der Waals surface area contributed by atoms with E-state index >= 15 is 0 Å². The number of likely N-dealkylation sites (tertiary alicyclic amines) is 1. The van der Waals surface area contributed by atoms with Crippen LogP contribution in [-0.4, -0.2) is 52.5 Å². The van der Waals surface area contributed by atoms with E-state index in [0.29, 0.717) is 6.42 Å². The molecular weight excluding hydrogens is 298 g/mol. The number of allylic oxidation sites excluding steroid dienone is 1. The van der Waals surface area contributed by atoms with Crippen molar-refractivity contribution in [1.29, 1.82) is 0 Å². The molecule has 0 bridgehead atoms. The van der Waals surface area contributed by atoms with Gasteiger partial charge < -0.3 is 14.6 Å². The van der Waals surface area contributed by atoms with Gasteiger partial charge >= 0.3 is 12.1 Å². The van der Waals surface area contributed by atoms with Gasteiger partial charge in [0, 0.05) is 13.0 Å². The number of carbonyl (C=O) groups is 2. The van der Waals surface area contributed by atoms with E-state index < -0.39 is 29.3 Å². The summed E-state index contributed by atoms with van der Waals surface area (Å²) in [4.78, 5) is 26.5. The van der Waals surface area contributed by atoms with E-state index in [1.165, 1.54) is 4.90 Å². The predicted molar refractivity (Wildman–Crippen MR) is 87.0 cm³/mol. The zero-order valence-electron chi connectivity index (χ0n) is 15.0. The van der Waals surface area contributed by atoms with Gasteiger partial charge in [0.1, 0.15) is 5.60 Å². The largest absolute Gasteiger partial charge is 0.464 e. The van der Waals surface area contributed by atoms with Crippen molar-refractivity contribution in [2.24, 2.45) is 0 Å². The zero-order valence-corrected chi connectivity index (χ0v) is 15.0. The molecule has 0 spiro atoms. The fourth-order valence-corrected chi connectivity index (χ4v) is 2.63. The second kappa shape index (κ2) is 7.34. The molecule has 0 aromatic carbocycles. The lowest BCUT2D eigenvalue weighted by Crippen LogP contribution is -2.59. The highest BCUT2D eigenvalue weighted by Gasteiger charge is 2.57. The molecule has 1 aliphatic rings. The van der Waals surface area contributed by atoms with Crippen molar-refractivity contribution in [2.75, 3.05) is 13.2 Å². The van der Waals surface area contributed by atoms with E-state index in [0.717, 1.165) is 5.57 Å². The molecule has 1 aliphatic heterocycles. The fraction of sp³-hybridized carbons (Fsp3) is 0.765. The molecule has 1 rings (SSSR count). The van der Waals surface area contributed by atoms with E-state index in [-0.39, 0.29) is 19.6 Å². The number of aliphatic hydroxyl groups excluding tert-OH is 1. The maximum absolute atomic E-state index is 12.6. The first-order valence-corrected chi connectivity index (χ1v) is 8.04. The summed E-state index contributed by atoms with van der Waals surface area (Å²) in [6.45, 7) is 11.2. The SMILES string of the molecule is CCOC(=O)[C@@]1(CC=C(C)C)[C@@H](O)CCN1C(=O)OC(C)(C)C. The van der Waals surface area contributed by atoms with Gasteiger partial charge in [-0.1, -0.05) is 11.6 Å². The molecule has 0 aliphatic carbocycles. The molecule has 6 nitrogen and oxygen atoms in total. The first-order valence-electron chi connectivity index (χ1n) is 8.04. The molecule has 1 amide bonds. The molecule has 1 heterocycles. The normalized spacial score (nSPS) is 24.3. The van der Waals surface area contributed by atoms with E-state index in [4.69, 9.17) is 9.47 Å². The van der Waals surface area contributed by atoms with Gasteiger partial charge in [0.2, 0.25) is 0 Å². The van der Waals surface area contributed by atoms with Crippen molar-refractivity contribution in [2.45, 2.75) is 71.6 Å². The van der Waals surface area contributed by atoms with Gasteiger partial charge in [-0.25, -0.2) is 9.59 Å². The second-order valence-electron chi connectivity index (χ2n) is 7.07. The van der Waals surface area contributed by atoms with Crippen LogP contribution in [0.5, 0.6) is 0 Å². The van der Waals surface area contributed by atoms with Gasteiger partial charge in [-0.2, -0.15) is 0 Å². The van der Waals surface area contributed by atoms with Crippen LogP contribution in [0.4, 0.5) is 4.79 Å². The summed E-state index contributed by atoms with van der Waals surface area (Å²) < 4.78 is 10.6. The highest BCUT2D eigenvalue weighted by Crippen LogP contribution is 2.36. The van der Waals surface area contributed by atoms with Crippen LogP contribution in [-0.2, 0) is 14.3 Å². The minimum Gasteiger partial charge on any atom is -0.464 e. The average Bonchev–Trinajstić information content (AvgIpc) is 2.73. The predicted octanol–water partition coefficient (Wildman–Crippen LogP) is 2.65. The monoisotopic (exact) mass is 327 g/mol. The summed E-state index contributed by atoms with van der Waals surface area (Å²) in [5.74, 6) is -0.589. The molecular formula is C17H29NO5.